The molecular weight excluding hydrogens is 513 g/mol. The second kappa shape index (κ2) is 11.2. The monoisotopic (exact) mass is 534 g/mol. The first-order valence-corrected chi connectivity index (χ1v) is 11.0. The molecule has 178 valence electrons. The quantitative estimate of drug-likeness (QED) is 0.297. The molecule has 0 heterocycles. The number of benzene rings is 3. The summed E-state index contributed by atoms with van der Waals surface area (Å²) in [6.45, 7) is 1.82. The van der Waals surface area contributed by atoms with Gasteiger partial charge in [-0.25, -0.2) is 4.79 Å². The van der Waals surface area contributed by atoms with Gasteiger partial charge in [-0.1, -0.05) is 40.2 Å². The van der Waals surface area contributed by atoms with Crippen LogP contribution in [0.5, 0.6) is 11.5 Å². The largest absolute Gasteiger partial charge is 0.489 e. The molecule has 0 amide bonds. The molecular formula is C26H22BrF3O4. The molecule has 0 aromatic heterocycles. The summed E-state index contributed by atoms with van der Waals surface area (Å²) in [6.07, 6.45) is -2.57. The number of aryl methyl sites for hydroxylation is 1. The summed E-state index contributed by atoms with van der Waals surface area (Å²) in [5.41, 5.74) is 2.31. The minimum Gasteiger partial charge on any atom is -0.489 e. The van der Waals surface area contributed by atoms with E-state index in [-0.39, 0.29) is 13.2 Å². The third kappa shape index (κ3) is 6.87. The molecule has 3 rings (SSSR count). The molecule has 0 atom stereocenters. The van der Waals surface area contributed by atoms with Crippen LogP contribution < -0.4 is 9.47 Å². The Balaban J connectivity index is 1.79. The van der Waals surface area contributed by atoms with Crippen molar-refractivity contribution >= 4 is 27.5 Å². The highest BCUT2D eigenvalue weighted by Crippen LogP contribution is 2.32. The van der Waals surface area contributed by atoms with Crippen molar-refractivity contribution in [2.75, 3.05) is 20.3 Å². The van der Waals surface area contributed by atoms with E-state index in [2.05, 4.69) is 20.7 Å². The van der Waals surface area contributed by atoms with Gasteiger partial charge in [-0.2, -0.15) is 13.2 Å². The van der Waals surface area contributed by atoms with Crippen LogP contribution in [0.1, 0.15) is 22.3 Å². The first-order valence-electron chi connectivity index (χ1n) is 10.2. The zero-order valence-corrected chi connectivity index (χ0v) is 20.1. The van der Waals surface area contributed by atoms with Crippen LogP contribution in [0.2, 0.25) is 0 Å². The van der Waals surface area contributed by atoms with E-state index >= 15 is 0 Å². The van der Waals surface area contributed by atoms with Gasteiger partial charge in [0.2, 0.25) is 0 Å². The van der Waals surface area contributed by atoms with E-state index < -0.39 is 17.7 Å². The lowest BCUT2D eigenvalue weighted by molar-refractivity contribution is -0.143. The van der Waals surface area contributed by atoms with Crippen LogP contribution in [-0.4, -0.2) is 26.3 Å². The van der Waals surface area contributed by atoms with Crippen molar-refractivity contribution in [1.82, 2.24) is 0 Å². The fourth-order valence-electron chi connectivity index (χ4n) is 3.16. The van der Waals surface area contributed by atoms with Crippen LogP contribution in [0.4, 0.5) is 13.2 Å². The van der Waals surface area contributed by atoms with Gasteiger partial charge in [0.1, 0.15) is 18.1 Å². The summed E-state index contributed by atoms with van der Waals surface area (Å²) >= 11 is 3.40. The number of carbonyl (C=O) groups excluding carboxylic acids is 1. The lowest BCUT2D eigenvalue weighted by Gasteiger charge is -2.13. The predicted octanol–water partition coefficient (Wildman–Crippen LogP) is 6.84. The van der Waals surface area contributed by atoms with Crippen molar-refractivity contribution in [2.24, 2.45) is 0 Å². The van der Waals surface area contributed by atoms with Gasteiger partial charge < -0.3 is 14.2 Å². The van der Waals surface area contributed by atoms with Crippen LogP contribution in [0.25, 0.3) is 5.57 Å². The molecule has 8 heteroatoms. The molecule has 3 aromatic rings. The molecule has 0 bridgehead atoms. The molecule has 3 aromatic carbocycles. The Morgan fingerprint density at radius 2 is 1.56 bits per heavy atom. The maximum atomic E-state index is 13.0. The Hall–Kier alpha value is -3.26. The highest BCUT2D eigenvalue weighted by molar-refractivity contribution is 9.10. The van der Waals surface area contributed by atoms with Gasteiger partial charge in [0.05, 0.1) is 12.7 Å². The molecule has 0 N–H and O–H groups in total. The maximum Gasteiger partial charge on any atom is 0.416 e. The number of hydrogen-bond donors (Lipinski definition) is 0. The van der Waals surface area contributed by atoms with E-state index in [1.54, 1.807) is 18.2 Å². The van der Waals surface area contributed by atoms with Crippen molar-refractivity contribution in [3.63, 3.8) is 0 Å². The zero-order chi connectivity index (χ0) is 24.7. The molecule has 0 aliphatic heterocycles. The third-order valence-corrected chi connectivity index (χ3v) is 5.46. The number of hydrogen-bond acceptors (Lipinski definition) is 4. The number of esters is 1. The summed E-state index contributed by atoms with van der Waals surface area (Å²) < 4.78 is 55.6. The van der Waals surface area contributed by atoms with Crippen LogP contribution in [0.15, 0.2) is 77.3 Å². The topological polar surface area (TPSA) is 44.8 Å². The normalized spacial score (nSPS) is 11.8. The second-order valence-corrected chi connectivity index (χ2v) is 8.22. The second-order valence-electron chi connectivity index (χ2n) is 7.30. The summed E-state index contributed by atoms with van der Waals surface area (Å²) in [6, 6.07) is 17.7. The highest BCUT2D eigenvalue weighted by atomic mass is 79.9. The Bertz CT molecular complexity index is 1150. The van der Waals surface area contributed by atoms with Crippen LogP contribution in [0, 0.1) is 6.92 Å². The van der Waals surface area contributed by atoms with Crippen molar-refractivity contribution in [3.05, 3.63) is 99.5 Å². The van der Waals surface area contributed by atoms with E-state index in [9.17, 15) is 18.0 Å². The zero-order valence-electron chi connectivity index (χ0n) is 18.5. The minimum atomic E-state index is -4.40. The number of alkyl halides is 3. The molecule has 0 fully saturated rings. The van der Waals surface area contributed by atoms with Gasteiger partial charge in [0.25, 0.3) is 0 Å². The molecule has 0 aliphatic carbocycles. The van der Waals surface area contributed by atoms with E-state index in [0.29, 0.717) is 17.1 Å². The van der Waals surface area contributed by atoms with E-state index in [1.807, 2.05) is 37.3 Å². The molecule has 0 unspecified atom stereocenters. The highest BCUT2D eigenvalue weighted by Gasteiger charge is 2.30. The number of rotatable bonds is 8. The SMILES string of the molecule is COC(=O)COc1ccc(OCC=C(c2ccc(Br)cc2)c2ccc(C(F)(F)F)cc2)cc1C. The number of ether oxygens (including phenoxy) is 3. The summed E-state index contributed by atoms with van der Waals surface area (Å²) in [5, 5.41) is 0. The van der Waals surface area contributed by atoms with Crippen LogP contribution >= 0.6 is 15.9 Å². The average molecular weight is 535 g/mol. The number of methoxy groups -OCH3 is 1. The van der Waals surface area contributed by atoms with E-state index in [4.69, 9.17) is 9.47 Å². The fraction of sp³-hybridized carbons (Fsp3) is 0.192. The Kier molecular flexibility index (Phi) is 8.39. The lowest BCUT2D eigenvalue weighted by atomic mass is 9.96. The first-order chi connectivity index (χ1) is 16.2. The molecule has 0 aliphatic rings. The predicted molar refractivity (Wildman–Crippen MR) is 127 cm³/mol. The van der Waals surface area contributed by atoms with Gasteiger partial charge in [0.15, 0.2) is 6.61 Å². The van der Waals surface area contributed by atoms with Gasteiger partial charge in [-0.3, -0.25) is 0 Å². The lowest BCUT2D eigenvalue weighted by Crippen LogP contribution is -2.13. The Morgan fingerprint density at radius 3 is 2.12 bits per heavy atom. The molecule has 0 spiro atoms. The summed E-state index contributed by atoms with van der Waals surface area (Å²) in [4.78, 5) is 11.3. The number of carbonyl (C=O) groups is 1. The van der Waals surface area contributed by atoms with Crippen LogP contribution in [0.3, 0.4) is 0 Å². The van der Waals surface area contributed by atoms with Gasteiger partial charge in [-0.05, 0) is 77.7 Å². The van der Waals surface area contributed by atoms with Gasteiger partial charge >= 0.3 is 12.1 Å². The molecule has 0 saturated heterocycles. The average Bonchev–Trinajstić information content (AvgIpc) is 2.81. The smallest absolute Gasteiger partial charge is 0.416 e. The Morgan fingerprint density at radius 1 is 0.941 bits per heavy atom. The molecule has 0 saturated carbocycles. The maximum absolute atomic E-state index is 13.0. The first kappa shape index (κ1) is 25.4. The summed E-state index contributed by atoms with van der Waals surface area (Å²) in [7, 11) is 1.29. The molecule has 0 radical (unpaired) electrons. The van der Waals surface area contributed by atoms with Crippen molar-refractivity contribution < 1.29 is 32.2 Å². The van der Waals surface area contributed by atoms with Crippen molar-refractivity contribution in [3.8, 4) is 11.5 Å². The molecule has 4 nitrogen and oxygen atoms in total. The van der Waals surface area contributed by atoms with Gasteiger partial charge in [-0.15, -0.1) is 0 Å². The Labute approximate surface area is 204 Å². The minimum absolute atomic E-state index is 0.189. The molecule has 34 heavy (non-hydrogen) atoms. The van der Waals surface area contributed by atoms with Crippen molar-refractivity contribution in [1.29, 1.82) is 0 Å². The van der Waals surface area contributed by atoms with Crippen LogP contribution in [-0.2, 0) is 15.7 Å². The van der Waals surface area contributed by atoms with E-state index in [1.165, 1.54) is 19.2 Å². The van der Waals surface area contributed by atoms with E-state index in [0.717, 1.165) is 33.3 Å². The standard InChI is InChI=1S/C26H22BrF3O4/c1-17-15-22(11-12-24(17)34-16-25(31)32-2)33-14-13-23(19-5-9-21(27)10-6-19)18-3-7-20(8-4-18)26(28,29)30/h3-13,15H,14,16H2,1-2H3. The third-order valence-electron chi connectivity index (χ3n) is 4.94. The summed E-state index contributed by atoms with van der Waals surface area (Å²) in [5.74, 6) is 0.643. The number of halogens is 4. The van der Waals surface area contributed by atoms with Crippen molar-refractivity contribution in [2.45, 2.75) is 13.1 Å². The van der Waals surface area contributed by atoms with Gasteiger partial charge in [0, 0.05) is 4.47 Å². The fourth-order valence-corrected chi connectivity index (χ4v) is 3.43.